The third-order valence-electron chi connectivity index (χ3n) is 6.59. The molecule has 1 aromatic heterocycles. The van der Waals surface area contributed by atoms with Crippen molar-refractivity contribution in [3.8, 4) is 5.75 Å². The average molecular weight is 475 g/mol. The van der Waals surface area contributed by atoms with Crippen molar-refractivity contribution >= 4 is 17.0 Å². The molecule has 1 saturated carbocycles. The summed E-state index contributed by atoms with van der Waals surface area (Å²) in [6.45, 7) is 8.57. The van der Waals surface area contributed by atoms with Gasteiger partial charge in [0.15, 0.2) is 0 Å². The second kappa shape index (κ2) is 8.64. The molecular weight excluding hydrogens is 445 g/mol. The van der Waals surface area contributed by atoms with Crippen molar-refractivity contribution in [3.63, 3.8) is 0 Å². The van der Waals surface area contributed by atoms with Gasteiger partial charge < -0.3 is 14.4 Å². The molecule has 5 nitrogen and oxygen atoms in total. The standard InChI is InChI=1S/C26H29F3N2O3/c1-15-9-18(14-25(3,4)13-15)31-22-10-16(2)20(24(32)33)12-21(22)30-23(31)11-17-5-7-19(8-6-17)34-26(27,28)29/h5-8,10,12,15,18H,9,11,13-14H2,1-4H3,(H,32,33)/t15-,18+/m0/s1. The van der Waals surface area contributed by atoms with E-state index in [1.165, 1.54) is 12.1 Å². The van der Waals surface area contributed by atoms with Gasteiger partial charge in [0.2, 0.25) is 0 Å². The van der Waals surface area contributed by atoms with Crippen LogP contribution in [0.15, 0.2) is 36.4 Å². The minimum atomic E-state index is -4.74. The third kappa shape index (κ3) is 5.21. The number of fused-ring (bicyclic) bond motifs is 1. The second-order valence-corrected chi connectivity index (χ2v) is 10.3. The molecular formula is C26H29F3N2O3. The Balaban J connectivity index is 1.77. The number of ether oxygens (including phenoxy) is 1. The largest absolute Gasteiger partial charge is 0.573 e. The SMILES string of the molecule is Cc1cc2c(cc1C(=O)O)nc(Cc1ccc(OC(F)(F)F)cc1)n2[C@@H]1C[C@H](C)CC(C)(C)C1. The smallest absolute Gasteiger partial charge is 0.478 e. The van der Waals surface area contributed by atoms with E-state index in [1.54, 1.807) is 25.1 Å². The molecule has 2 aromatic carbocycles. The molecule has 0 unspecified atom stereocenters. The fraction of sp³-hybridized carbons (Fsp3) is 0.462. The van der Waals surface area contributed by atoms with Gasteiger partial charge in [0, 0.05) is 12.5 Å². The predicted octanol–water partition coefficient (Wildman–Crippen LogP) is 6.92. The zero-order valence-corrected chi connectivity index (χ0v) is 19.7. The normalized spacial score (nSPS) is 20.4. The van der Waals surface area contributed by atoms with Crippen molar-refractivity contribution in [2.24, 2.45) is 11.3 Å². The summed E-state index contributed by atoms with van der Waals surface area (Å²) in [6, 6.07) is 9.51. The molecule has 1 heterocycles. The summed E-state index contributed by atoms with van der Waals surface area (Å²) in [5, 5.41) is 9.57. The Morgan fingerprint density at radius 2 is 1.88 bits per heavy atom. The van der Waals surface area contributed by atoms with E-state index in [9.17, 15) is 23.1 Å². The number of hydrogen-bond donors (Lipinski definition) is 1. The highest BCUT2D eigenvalue weighted by Gasteiger charge is 2.35. The monoisotopic (exact) mass is 474 g/mol. The molecule has 0 aliphatic heterocycles. The van der Waals surface area contributed by atoms with Gasteiger partial charge in [-0.1, -0.05) is 32.9 Å². The van der Waals surface area contributed by atoms with Crippen LogP contribution in [0.5, 0.6) is 5.75 Å². The first kappa shape index (κ1) is 24.1. The Kier molecular flexibility index (Phi) is 6.12. The van der Waals surface area contributed by atoms with Crippen LogP contribution in [0.3, 0.4) is 0 Å². The number of carbonyl (C=O) groups is 1. The molecule has 0 bridgehead atoms. The Hall–Kier alpha value is -3.03. The number of hydrogen-bond acceptors (Lipinski definition) is 3. The molecule has 2 atom stereocenters. The van der Waals surface area contributed by atoms with Crippen molar-refractivity contribution in [2.45, 2.75) is 65.8 Å². The van der Waals surface area contributed by atoms with Crippen LogP contribution in [0.1, 0.15) is 73.4 Å². The molecule has 182 valence electrons. The van der Waals surface area contributed by atoms with Gasteiger partial charge in [-0.25, -0.2) is 9.78 Å². The number of halogens is 3. The lowest BCUT2D eigenvalue weighted by Gasteiger charge is -2.40. The average Bonchev–Trinajstić information content (AvgIpc) is 3.02. The van der Waals surface area contributed by atoms with Crippen LogP contribution in [0.2, 0.25) is 0 Å². The number of carboxylic acids is 1. The van der Waals surface area contributed by atoms with Crippen LogP contribution < -0.4 is 4.74 Å². The van der Waals surface area contributed by atoms with Crippen molar-refractivity contribution in [3.05, 3.63) is 58.9 Å². The number of rotatable bonds is 5. The van der Waals surface area contributed by atoms with Gasteiger partial charge in [-0.05, 0) is 72.9 Å². The fourth-order valence-corrected chi connectivity index (χ4v) is 5.54. The van der Waals surface area contributed by atoms with Crippen molar-refractivity contribution < 1.29 is 27.8 Å². The number of imidazole rings is 1. The van der Waals surface area contributed by atoms with Crippen LogP contribution in [-0.2, 0) is 6.42 Å². The molecule has 34 heavy (non-hydrogen) atoms. The summed E-state index contributed by atoms with van der Waals surface area (Å²) in [5.41, 5.74) is 3.35. The maximum atomic E-state index is 12.5. The van der Waals surface area contributed by atoms with E-state index in [-0.39, 0.29) is 22.8 Å². The van der Waals surface area contributed by atoms with Crippen LogP contribution in [-0.4, -0.2) is 27.0 Å². The summed E-state index contributed by atoms with van der Waals surface area (Å²) in [6.07, 6.45) is -1.24. The number of carboxylic acid groups (broad SMARTS) is 1. The maximum absolute atomic E-state index is 12.5. The highest BCUT2D eigenvalue weighted by molar-refractivity contribution is 5.94. The predicted molar refractivity (Wildman–Crippen MR) is 123 cm³/mol. The fourth-order valence-electron chi connectivity index (χ4n) is 5.54. The Morgan fingerprint density at radius 1 is 1.21 bits per heavy atom. The van der Waals surface area contributed by atoms with Crippen molar-refractivity contribution in [2.75, 3.05) is 0 Å². The van der Waals surface area contributed by atoms with E-state index in [0.29, 0.717) is 23.4 Å². The summed E-state index contributed by atoms with van der Waals surface area (Å²) >= 11 is 0. The Bertz CT molecular complexity index is 1210. The molecule has 1 N–H and O–H groups in total. The van der Waals surface area contributed by atoms with Gasteiger partial charge in [-0.15, -0.1) is 13.2 Å². The quantitative estimate of drug-likeness (QED) is 0.436. The summed E-state index contributed by atoms with van der Waals surface area (Å²) in [4.78, 5) is 16.5. The molecule has 3 aromatic rings. The number of benzene rings is 2. The molecule has 0 saturated heterocycles. The van der Waals surface area contributed by atoms with E-state index in [4.69, 9.17) is 4.98 Å². The van der Waals surface area contributed by atoms with Crippen molar-refractivity contribution in [1.29, 1.82) is 0 Å². The Morgan fingerprint density at radius 3 is 2.47 bits per heavy atom. The van der Waals surface area contributed by atoms with Crippen LogP contribution in [0.4, 0.5) is 13.2 Å². The first-order valence-electron chi connectivity index (χ1n) is 11.4. The highest BCUT2D eigenvalue weighted by Crippen LogP contribution is 2.45. The molecule has 0 radical (unpaired) electrons. The summed E-state index contributed by atoms with van der Waals surface area (Å²) in [7, 11) is 0. The molecule has 1 fully saturated rings. The second-order valence-electron chi connectivity index (χ2n) is 10.3. The first-order valence-corrected chi connectivity index (χ1v) is 11.4. The zero-order chi connectivity index (χ0) is 24.8. The number of alkyl halides is 3. The van der Waals surface area contributed by atoms with Gasteiger partial charge in [-0.2, -0.15) is 0 Å². The topological polar surface area (TPSA) is 64.3 Å². The summed E-state index contributed by atoms with van der Waals surface area (Å²) < 4.78 is 43.7. The zero-order valence-electron chi connectivity index (χ0n) is 19.7. The van der Waals surface area contributed by atoms with Gasteiger partial charge in [0.1, 0.15) is 11.6 Å². The molecule has 1 aliphatic rings. The molecule has 1 aliphatic carbocycles. The van der Waals surface area contributed by atoms with E-state index < -0.39 is 12.3 Å². The number of nitrogens with zero attached hydrogens (tertiary/aromatic N) is 2. The van der Waals surface area contributed by atoms with Crippen molar-refractivity contribution in [1.82, 2.24) is 9.55 Å². The number of aromatic carboxylic acids is 1. The van der Waals surface area contributed by atoms with Gasteiger partial charge in [-0.3, -0.25) is 0 Å². The number of aromatic nitrogens is 2. The number of aryl methyl sites for hydroxylation is 1. The van der Waals surface area contributed by atoms with Crippen LogP contribution in [0, 0.1) is 18.3 Å². The van der Waals surface area contributed by atoms with Crippen LogP contribution in [0.25, 0.3) is 11.0 Å². The molecule has 0 spiro atoms. The lowest BCUT2D eigenvalue weighted by atomic mass is 9.70. The Labute approximate surface area is 196 Å². The lowest BCUT2D eigenvalue weighted by molar-refractivity contribution is -0.274. The molecule has 0 amide bonds. The van der Waals surface area contributed by atoms with E-state index >= 15 is 0 Å². The first-order chi connectivity index (χ1) is 15.8. The lowest BCUT2D eigenvalue weighted by Crippen LogP contribution is -2.30. The minimum absolute atomic E-state index is 0.156. The van der Waals surface area contributed by atoms with E-state index in [1.807, 2.05) is 6.07 Å². The minimum Gasteiger partial charge on any atom is -0.478 e. The third-order valence-corrected chi connectivity index (χ3v) is 6.59. The van der Waals surface area contributed by atoms with E-state index in [2.05, 4.69) is 30.1 Å². The van der Waals surface area contributed by atoms with Crippen LogP contribution >= 0.6 is 0 Å². The maximum Gasteiger partial charge on any atom is 0.573 e. The highest BCUT2D eigenvalue weighted by atomic mass is 19.4. The van der Waals surface area contributed by atoms with Gasteiger partial charge in [0.25, 0.3) is 0 Å². The van der Waals surface area contributed by atoms with Gasteiger partial charge >= 0.3 is 12.3 Å². The molecule has 4 rings (SSSR count). The van der Waals surface area contributed by atoms with Gasteiger partial charge in [0.05, 0.1) is 16.6 Å². The molecule has 8 heteroatoms. The summed E-state index contributed by atoms with van der Waals surface area (Å²) in [5.74, 6) is 0.0334. The van der Waals surface area contributed by atoms with E-state index in [0.717, 1.165) is 36.2 Å².